The van der Waals surface area contributed by atoms with Crippen molar-refractivity contribution in [2.75, 3.05) is 13.1 Å². The molecule has 1 aliphatic heterocycles. The Morgan fingerprint density at radius 2 is 1.86 bits per heavy atom. The van der Waals surface area contributed by atoms with Gasteiger partial charge in [-0.1, -0.05) is 6.07 Å². The number of sulfone groups is 1. The summed E-state index contributed by atoms with van der Waals surface area (Å²) < 4.78 is 39.7. The summed E-state index contributed by atoms with van der Waals surface area (Å²) in [6.07, 6.45) is 2.36. The minimum Gasteiger partial charge on any atom is -0.348 e. The summed E-state index contributed by atoms with van der Waals surface area (Å²) in [5.41, 5.74) is -0.348. The predicted octanol–water partition coefficient (Wildman–Crippen LogP) is 1.74. The summed E-state index contributed by atoms with van der Waals surface area (Å²) in [7, 11) is -3.37. The summed E-state index contributed by atoms with van der Waals surface area (Å²) >= 11 is 0. The molecule has 0 radical (unpaired) electrons. The van der Waals surface area contributed by atoms with Crippen molar-refractivity contribution in [3.8, 4) is 6.07 Å². The number of pyridine rings is 1. The first-order valence-electron chi connectivity index (χ1n) is 11.8. The van der Waals surface area contributed by atoms with Crippen LogP contribution in [-0.2, 0) is 22.9 Å². The van der Waals surface area contributed by atoms with Crippen LogP contribution in [0.5, 0.6) is 0 Å². The molecule has 1 aromatic carbocycles. The SMILES string of the molecule is CC1(S(=O)(=O)C2(CN3CCn4c(ccc(C(=O)NCc5ccc(C#N)c(F)c5)c4=O)C3=O)CC2)CC1. The van der Waals surface area contributed by atoms with Crippen molar-refractivity contribution < 1.29 is 22.4 Å². The van der Waals surface area contributed by atoms with E-state index in [0.717, 1.165) is 6.07 Å². The van der Waals surface area contributed by atoms with Crippen LogP contribution in [0.15, 0.2) is 35.1 Å². The maximum absolute atomic E-state index is 13.8. The fraction of sp³-hybridized carbons (Fsp3) is 0.440. The second kappa shape index (κ2) is 8.27. The van der Waals surface area contributed by atoms with Crippen molar-refractivity contribution in [3.63, 3.8) is 0 Å². The number of aromatic nitrogens is 1. The first-order valence-corrected chi connectivity index (χ1v) is 13.2. The molecule has 5 rings (SSSR count). The molecule has 1 aromatic heterocycles. The number of hydrogen-bond acceptors (Lipinski definition) is 6. The van der Waals surface area contributed by atoms with Crippen LogP contribution in [0, 0.1) is 17.1 Å². The number of carbonyl (C=O) groups is 2. The Kier molecular flexibility index (Phi) is 5.55. The number of fused-ring (bicyclic) bond motifs is 1. The molecule has 2 heterocycles. The predicted molar refractivity (Wildman–Crippen MR) is 127 cm³/mol. The third-order valence-electron chi connectivity index (χ3n) is 7.59. The van der Waals surface area contributed by atoms with Gasteiger partial charge in [-0.2, -0.15) is 5.26 Å². The Labute approximate surface area is 207 Å². The van der Waals surface area contributed by atoms with Crippen LogP contribution in [0.2, 0.25) is 0 Å². The van der Waals surface area contributed by atoms with Gasteiger partial charge in [-0.15, -0.1) is 0 Å². The first kappa shape index (κ1) is 24.2. The van der Waals surface area contributed by atoms with E-state index in [4.69, 9.17) is 5.26 Å². The van der Waals surface area contributed by atoms with E-state index in [1.54, 1.807) is 13.0 Å². The topological polar surface area (TPSA) is 129 Å². The number of amides is 2. The maximum Gasteiger partial charge on any atom is 0.270 e. The molecule has 9 nitrogen and oxygen atoms in total. The normalized spacial score (nSPS) is 19.2. The van der Waals surface area contributed by atoms with Crippen molar-refractivity contribution in [3.05, 3.63) is 68.9 Å². The molecule has 2 amide bonds. The lowest BCUT2D eigenvalue weighted by atomic mass is 10.1. The fourth-order valence-corrected chi connectivity index (χ4v) is 7.45. The van der Waals surface area contributed by atoms with Gasteiger partial charge in [0, 0.05) is 26.2 Å². The smallest absolute Gasteiger partial charge is 0.270 e. The van der Waals surface area contributed by atoms with Gasteiger partial charge >= 0.3 is 0 Å². The van der Waals surface area contributed by atoms with Crippen molar-refractivity contribution >= 4 is 21.7 Å². The average Bonchev–Trinajstić information content (AvgIpc) is 3.78. The molecule has 2 aliphatic carbocycles. The quantitative estimate of drug-likeness (QED) is 0.602. The van der Waals surface area contributed by atoms with Gasteiger partial charge in [-0.25, -0.2) is 12.8 Å². The molecule has 2 fully saturated rings. The van der Waals surface area contributed by atoms with Crippen LogP contribution in [0.1, 0.15) is 64.6 Å². The molecule has 0 saturated heterocycles. The minimum absolute atomic E-state index is 0.0508. The van der Waals surface area contributed by atoms with Gasteiger partial charge in [-0.05, 0) is 62.4 Å². The third kappa shape index (κ3) is 3.80. The molecule has 0 atom stereocenters. The van der Waals surface area contributed by atoms with Gasteiger partial charge in [0.1, 0.15) is 23.1 Å². The number of hydrogen-bond donors (Lipinski definition) is 1. The van der Waals surface area contributed by atoms with E-state index >= 15 is 0 Å². The highest BCUT2D eigenvalue weighted by molar-refractivity contribution is 7.94. The summed E-state index contributed by atoms with van der Waals surface area (Å²) in [5, 5.41) is 11.4. The number of carbonyl (C=O) groups excluding carboxylic acids is 2. The summed E-state index contributed by atoms with van der Waals surface area (Å²) in [4.78, 5) is 40.3. The zero-order valence-corrected chi connectivity index (χ0v) is 20.5. The lowest BCUT2D eigenvalue weighted by Gasteiger charge is -2.33. The van der Waals surface area contributed by atoms with Crippen LogP contribution >= 0.6 is 0 Å². The fourth-order valence-electron chi connectivity index (χ4n) is 4.80. The molecule has 11 heteroatoms. The second-order valence-corrected chi connectivity index (χ2v) is 12.9. The van der Waals surface area contributed by atoms with E-state index < -0.39 is 42.5 Å². The molecular formula is C25H25FN4O5S. The number of nitrogens with one attached hydrogen (secondary N) is 1. The van der Waals surface area contributed by atoms with Crippen LogP contribution in [0.25, 0.3) is 0 Å². The zero-order valence-electron chi connectivity index (χ0n) is 19.7. The molecular weight excluding hydrogens is 487 g/mol. The van der Waals surface area contributed by atoms with Crippen LogP contribution < -0.4 is 10.9 Å². The molecule has 188 valence electrons. The zero-order chi connectivity index (χ0) is 25.9. The number of rotatable bonds is 7. The largest absolute Gasteiger partial charge is 0.348 e. The monoisotopic (exact) mass is 512 g/mol. The van der Waals surface area contributed by atoms with Crippen molar-refractivity contribution in [2.45, 2.75) is 55.2 Å². The van der Waals surface area contributed by atoms with Gasteiger partial charge in [0.2, 0.25) is 0 Å². The molecule has 1 N–H and O–H groups in total. The van der Waals surface area contributed by atoms with Gasteiger partial charge in [0.25, 0.3) is 17.4 Å². The van der Waals surface area contributed by atoms with Crippen LogP contribution in [0.4, 0.5) is 4.39 Å². The minimum atomic E-state index is -3.37. The molecule has 2 saturated carbocycles. The third-order valence-corrected chi connectivity index (χ3v) is 11.0. The van der Waals surface area contributed by atoms with E-state index in [2.05, 4.69) is 5.32 Å². The molecule has 0 spiro atoms. The average molecular weight is 513 g/mol. The van der Waals surface area contributed by atoms with Crippen molar-refractivity contribution in [1.29, 1.82) is 5.26 Å². The highest BCUT2D eigenvalue weighted by Crippen LogP contribution is 2.56. The highest BCUT2D eigenvalue weighted by Gasteiger charge is 2.65. The van der Waals surface area contributed by atoms with Gasteiger partial charge in [0.15, 0.2) is 9.84 Å². The summed E-state index contributed by atoms with van der Waals surface area (Å²) in [6, 6.07) is 8.36. The number of nitriles is 1. The van der Waals surface area contributed by atoms with Crippen LogP contribution in [0.3, 0.4) is 0 Å². The summed E-state index contributed by atoms with van der Waals surface area (Å²) in [5.74, 6) is -1.80. The highest BCUT2D eigenvalue weighted by atomic mass is 32.2. The second-order valence-electron chi connectivity index (χ2n) is 10.1. The van der Waals surface area contributed by atoms with E-state index in [-0.39, 0.29) is 43.0 Å². The maximum atomic E-state index is 13.8. The Bertz CT molecular complexity index is 1500. The van der Waals surface area contributed by atoms with E-state index in [0.29, 0.717) is 31.2 Å². The molecule has 3 aliphatic rings. The Morgan fingerprint density at radius 3 is 2.47 bits per heavy atom. The lowest BCUT2D eigenvalue weighted by molar-refractivity contribution is 0.0694. The number of nitrogens with zero attached hydrogens (tertiary/aromatic N) is 3. The van der Waals surface area contributed by atoms with Crippen molar-refractivity contribution in [1.82, 2.24) is 14.8 Å². The Balaban J connectivity index is 1.30. The molecule has 36 heavy (non-hydrogen) atoms. The van der Waals surface area contributed by atoms with E-state index in [1.165, 1.54) is 33.7 Å². The lowest BCUT2D eigenvalue weighted by Crippen LogP contribution is -2.51. The molecule has 2 aromatic rings. The van der Waals surface area contributed by atoms with Crippen molar-refractivity contribution in [2.24, 2.45) is 0 Å². The number of halogens is 1. The Hall–Kier alpha value is -3.52. The molecule has 0 bridgehead atoms. The van der Waals surface area contributed by atoms with Gasteiger partial charge < -0.3 is 14.8 Å². The van der Waals surface area contributed by atoms with Gasteiger partial charge in [0.05, 0.1) is 15.1 Å². The summed E-state index contributed by atoms with van der Waals surface area (Å²) in [6.45, 7) is 2.15. The Morgan fingerprint density at radius 1 is 1.14 bits per heavy atom. The van der Waals surface area contributed by atoms with E-state index in [1.807, 2.05) is 0 Å². The molecule has 0 unspecified atom stereocenters. The number of benzene rings is 1. The van der Waals surface area contributed by atoms with E-state index in [9.17, 15) is 27.2 Å². The standard InChI is InChI=1S/C25H25FN4O5S/c1-24(6-7-24)36(34,35)25(8-9-25)15-29-10-11-30-20(23(29)33)5-4-18(22(30)32)21(31)28-14-16-2-3-17(13-27)19(26)12-16/h2-5,12H,6-11,14-15H2,1H3,(H,28,31). The van der Waals surface area contributed by atoms with Gasteiger partial charge in [-0.3, -0.25) is 14.4 Å². The first-order chi connectivity index (χ1) is 17.0. The van der Waals surface area contributed by atoms with Crippen LogP contribution in [-0.4, -0.2) is 52.3 Å².